The van der Waals surface area contributed by atoms with Crippen LogP contribution in [0.25, 0.3) is 0 Å². The van der Waals surface area contributed by atoms with Gasteiger partial charge in [0.05, 0.1) is 21.7 Å². The Hall–Kier alpha value is -2.41. The SMILES string of the molecule is Cc1[nH]ncc1CNC(=O)c1cc([N+](=O)[O-])ccc1Cl. The molecule has 0 saturated carbocycles. The molecule has 0 spiro atoms. The lowest BCUT2D eigenvalue weighted by Crippen LogP contribution is -2.23. The first-order chi connectivity index (χ1) is 9.49. The number of aromatic amines is 1. The normalized spacial score (nSPS) is 10.3. The molecule has 1 amide bonds. The number of nitro benzene ring substituents is 1. The first-order valence-corrected chi connectivity index (χ1v) is 6.08. The number of hydrogen-bond acceptors (Lipinski definition) is 4. The Kier molecular flexibility index (Phi) is 3.99. The van der Waals surface area contributed by atoms with Crippen molar-refractivity contribution in [2.24, 2.45) is 0 Å². The van der Waals surface area contributed by atoms with Gasteiger partial charge in [0.25, 0.3) is 11.6 Å². The molecule has 0 aliphatic heterocycles. The van der Waals surface area contributed by atoms with E-state index in [9.17, 15) is 14.9 Å². The van der Waals surface area contributed by atoms with Crippen molar-refractivity contribution < 1.29 is 9.72 Å². The molecule has 1 aromatic heterocycles. The molecule has 20 heavy (non-hydrogen) atoms. The highest BCUT2D eigenvalue weighted by Crippen LogP contribution is 2.22. The van der Waals surface area contributed by atoms with E-state index in [0.717, 1.165) is 17.3 Å². The summed E-state index contributed by atoms with van der Waals surface area (Å²) >= 11 is 5.89. The molecule has 0 unspecified atom stereocenters. The summed E-state index contributed by atoms with van der Waals surface area (Å²) in [5, 5.41) is 20.1. The number of carbonyl (C=O) groups is 1. The monoisotopic (exact) mass is 294 g/mol. The Bertz CT molecular complexity index is 668. The Morgan fingerprint density at radius 2 is 2.30 bits per heavy atom. The van der Waals surface area contributed by atoms with E-state index >= 15 is 0 Å². The third-order valence-corrected chi connectivity index (χ3v) is 3.11. The van der Waals surface area contributed by atoms with Crippen molar-refractivity contribution in [2.45, 2.75) is 13.5 Å². The molecule has 7 nitrogen and oxygen atoms in total. The van der Waals surface area contributed by atoms with Gasteiger partial charge in [-0.3, -0.25) is 20.0 Å². The van der Waals surface area contributed by atoms with Crippen LogP contribution in [-0.2, 0) is 6.54 Å². The molecule has 0 aliphatic rings. The smallest absolute Gasteiger partial charge is 0.270 e. The molecule has 2 aromatic rings. The van der Waals surface area contributed by atoms with E-state index in [1.807, 2.05) is 6.92 Å². The highest BCUT2D eigenvalue weighted by molar-refractivity contribution is 6.33. The van der Waals surface area contributed by atoms with Gasteiger partial charge in [-0.1, -0.05) is 11.6 Å². The minimum absolute atomic E-state index is 0.0713. The van der Waals surface area contributed by atoms with Crippen molar-refractivity contribution >= 4 is 23.2 Å². The van der Waals surface area contributed by atoms with E-state index in [-0.39, 0.29) is 22.8 Å². The second kappa shape index (κ2) is 5.70. The van der Waals surface area contributed by atoms with Crippen molar-refractivity contribution in [2.75, 3.05) is 0 Å². The summed E-state index contributed by atoms with van der Waals surface area (Å²) in [5.74, 6) is -0.473. The topological polar surface area (TPSA) is 101 Å². The van der Waals surface area contributed by atoms with Crippen LogP contribution in [0.1, 0.15) is 21.6 Å². The minimum Gasteiger partial charge on any atom is -0.348 e. The number of nitro groups is 1. The van der Waals surface area contributed by atoms with E-state index < -0.39 is 10.8 Å². The number of aromatic nitrogens is 2. The van der Waals surface area contributed by atoms with Crippen molar-refractivity contribution in [1.29, 1.82) is 0 Å². The number of carbonyl (C=O) groups excluding carboxylic acids is 1. The predicted octanol–water partition coefficient (Wildman–Crippen LogP) is 2.21. The van der Waals surface area contributed by atoms with Gasteiger partial charge < -0.3 is 5.32 Å². The van der Waals surface area contributed by atoms with Crippen molar-refractivity contribution in [1.82, 2.24) is 15.5 Å². The number of halogens is 1. The number of hydrogen-bond donors (Lipinski definition) is 2. The molecule has 0 bridgehead atoms. The maximum Gasteiger partial charge on any atom is 0.270 e. The number of amides is 1. The molecule has 2 N–H and O–H groups in total. The Labute approximate surface area is 119 Å². The summed E-state index contributed by atoms with van der Waals surface area (Å²) in [6, 6.07) is 3.73. The lowest BCUT2D eigenvalue weighted by Gasteiger charge is -2.06. The van der Waals surface area contributed by atoms with Crippen LogP contribution in [0.3, 0.4) is 0 Å². The maximum absolute atomic E-state index is 12.0. The number of H-pyrrole nitrogens is 1. The van der Waals surface area contributed by atoms with Gasteiger partial charge in [0, 0.05) is 29.9 Å². The van der Waals surface area contributed by atoms with Crippen LogP contribution in [0, 0.1) is 17.0 Å². The van der Waals surface area contributed by atoms with Crippen LogP contribution in [0.2, 0.25) is 5.02 Å². The highest BCUT2D eigenvalue weighted by atomic mass is 35.5. The number of nitrogens with zero attached hydrogens (tertiary/aromatic N) is 2. The molecule has 1 aromatic carbocycles. The lowest BCUT2D eigenvalue weighted by molar-refractivity contribution is -0.384. The van der Waals surface area contributed by atoms with Gasteiger partial charge in [-0.2, -0.15) is 5.10 Å². The minimum atomic E-state index is -0.576. The number of aryl methyl sites for hydroxylation is 1. The number of non-ortho nitro benzene ring substituents is 1. The summed E-state index contributed by atoms with van der Waals surface area (Å²) in [4.78, 5) is 22.1. The van der Waals surface area contributed by atoms with Crippen LogP contribution in [0.5, 0.6) is 0 Å². The average molecular weight is 295 g/mol. The van der Waals surface area contributed by atoms with Gasteiger partial charge in [0.15, 0.2) is 0 Å². The van der Waals surface area contributed by atoms with E-state index in [1.54, 1.807) is 6.20 Å². The Morgan fingerprint density at radius 1 is 1.55 bits per heavy atom. The third kappa shape index (κ3) is 2.94. The fourth-order valence-corrected chi connectivity index (χ4v) is 1.83. The lowest BCUT2D eigenvalue weighted by atomic mass is 10.2. The number of rotatable bonds is 4. The van der Waals surface area contributed by atoms with Crippen LogP contribution in [0.4, 0.5) is 5.69 Å². The van der Waals surface area contributed by atoms with Gasteiger partial charge in [0.2, 0.25) is 0 Å². The predicted molar refractivity (Wildman–Crippen MR) is 72.6 cm³/mol. The second-order valence-corrected chi connectivity index (χ2v) is 4.53. The first kappa shape index (κ1) is 14.0. The van der Waals surface area contributed by atoms with Crippen molar-refractivity contribution in [3.8, 4) is 0 Å². The van der Waals surface area contributed by atoms with E-state index in [0.29, 0.717) is 0 Å². The van der Waals surface area contributed by atoms with Gasteiger partial charge in [-0.05, 0) is 13.0 Å². The van der Waals surface area contributed by atoms with Crippen molar-refractivity contribution in [3.05, 3.63) is 56.4 Å². The quantitative estimate of drug-likeness (QED) is 0.666. The molecule has 0 saturated heterocycles. The van der Waals surface area contributed by atoms with Gasteiger partial charge in [-0.15, -0.1) is 0 Å². The third-order valence-electron chi connectivity index (χ3n) is 2.78. The molecule has 104 valence electrons. The summed E-state index contributed by atoms with van der Waals surface area (Å²) in [5.41, 5.74) is 1.57. The fraction of sp³-hybridized carbons (Fsp3) is 0.167. The molecule has 2 rings (SSSR count). The summed E-state index contributed by atoms with van der Waals surface area (Å²) in [7, 11) is 0. The zero-order valence-corrected chi connectivity index (χ0v) is 11.3. The summed E-state index contributed by atoms with van der Waals surface area (Å²) in [6.07, 6.45) is 1.60. The second-order valence-electron chi connectivity index (χ2n) is 4.12. The number of nitrogens with one attached hydrogen (secondary N) is 2. The summed E-state index contributed by atoms with van der Waals surface area (Å²) < 4.78 is 0. The molecule has 1 heterocycles. The van der Waals surface area contributed by atoms with E-state index in [2.05, 4.69) is 15.5 Å². The van der Waals surface area contributed by atoms with Crippen LogP contribution >= 0.6 is 11.6 Å². The zero-order valence-electron chi connectivity index (χ0n) is 10.5. The molecule has 8 heteroatoms. The first-order valence-electron chi connectivity index (χ1n) is 5.70. The van der Waals surface area contributed by atoms with E-state index in [4.69, 9.17) is 11.6 Å². The summed E-state index contributed by atoms with van der Waals surface area (Å²) in [6.45, 7) is 2.09. The number of benzene rings is 1. The fourth-order valence-electron chi connectivity index (χ4n) is 1.63. The highest BCUT2D eigenvalue weighted by Gasteiger charge is 2.16. The van der Waals surface area contributed by atoms with Gasteiger partial charge in [0.1, 0.15) is 0 Å². The van der Waals surface area contributed by atoms with Crippen LogP contribution < -0.4 is 5.32 Å². The maximum atomic E-state index is 12.0. The molecule has 0 radical (unpaired) electrons. The van der Waals surface area contributed by atoms with E-state index in [1.165, 1.54) is 12.1 Å². The van der Waals surface area contributed by atoms with Gasteiger partial charge >= 0.3 is 0 Å². The molecule has 0 aliphatic carbocycles. The molecular formula is C12H11ClN4O3. The molecule has 0 fully saturated rings. The molecule has 0 atom stereocenters. The zero-order chi connectivity index (χ0) is 14.7. The largest absolute Gasteiger partial charge is 0.348 e. The Balaban J connectivity index is 2.15. The van der Waals surface area contributed by atoms with Crippen LogP contribution in [-0.4, -0.2) is 21.0 Å². The average Bonchev–Trinajstić information content (AvgIpc) is 2.81. The molecular weight excluding hydrogens is 284 g/mol. The van der Waals surface area contributed by atoms with Crippen LogP contribution in [0.15, 0.2) is 24.4 Å². The van der Waals surface area contributed by atoms with Gasteiger partial charge in [-0.25, -0.2) is 0 Å². The van der Waals surface area contributed by atoms with Crippen molar-refractivity contribution in [3.63, 3.8) is 0 Å². The Morgan fingerprint density at radius 3 is 2.90 bits per heavy atom. The standard InChI is InChI=1S/C12H11ClN4O3/c1-7-8(6-15-16-7)5-14-12(18)10-4-9(17(19)20)2-3-11(10)13/h2-4,6H,5H2,1H3,(H,14,18)(H,15,16).